The Morgan fingerprint density at radius 2 is 2.00 bits per heavy atom. The van der Waals surface area contributed by atoms with Crippen molar-refractivity contribution in [3.05, 3.63) is 63.9 Å². The highest BCUT2D eigenvalue weighted by atomic mass is 35.5. The summed E-state index contributed by atoms with van der Waals surface area (Å²) in [5.74, 6) is -1.73. The number of esters is 1. The second kappa shape index (κ2) is 9.77. The molecule has 4 atom stereocenters. The lowest BCUT2D eigenvalue weighted by atomic mass is 9.87. The number of methoxy groups -OCH3 is 1. The standard InChI is InChI=1S/C22H23Cl2FN2O3/c1-12(9-19(28)30-2)18-11-16(15-7-4-8-17(24)20(15)25)21(27-18)22(29)26-14-6-3-5-13(23)10-14/h3-8,10,12,16,18,21,27H,9,11H2,1-2H3,(H,26,29)/t12-,16+,18?,21+/m0/s1. The first-order valence-corrected chi connectivity index (χ1v) is 10.4. The molecule has 3 rings (SSSR count). The normalized spacial score (nSPS) is 21.8. The van der Waals surface area contributed by atoms with Gasteiger partial charge in [-0.2, -0.15) is 0 Å². The highest BCUT2D eigenvalue weighted by Gasteiger charge is 2.42. The second-order valence-electron chi connectivity index (χ2n) is 7.49. The minimum Gasteiger partial charge on any atom is -0.469 e. The number of nitrogens with one attached hydrogen (secondary N) is 2. The third-order valence-electron chi connectivity index (χ3n) is 5.46. The van der Waals surface area contributed by atoms with Gasteiger partial charge in [0.15, 0.2) is 0 Å². The Morgan fingerprint density at radius 3 is 2.70 bits per heavy atom. The number of carbonyl (C=O) groups is 2. The molecule has 0 aliphatic carbocycles. The van der Waals surface area contributed by atoms with E-state index in [1.54, 1.807) is 36.4 Å². The van der Waals surface area contributed by atoms with Crippen LogP contribution in [-0.4, -0.2) is 31.1 Å². The summed E-state index contributed by atoms with van der Waals surface area (Å²) in [4.78, 5) is 24.8. The summed E-state index contributed by atoms with van der Waals surface area (Å²) >= 11 is 12.0. The molecule has 0 saturated carbocycles. The molecule has 0 spiro atoms. The molecule has 1 aliphatic heterocycles. The quantitative estimate of drug-likeness (QED) is 0.618. The van der Waals surface area contributed by atoms with Crippen LogP contribution < -0.4 is 10.6 Å². The number of benzene rings is 2. The van der Waals surface area contributed by atoms with Crippen LogP contribution in [0.15, 0.2) is 42.5 Å². The average Bonchev–Trinajstić information content (AvgIpc) is 3.15. The van der Waals surface area contributed by atoms with E-state index in [1.165, 1.54) is 13.2 Å². The Morgan fingerprint density at radius 1 is 1.27 bits per heavy atom. The molecule has 2 N–H and O–H groups in total. The predicted octanol–water partition coefficient (Wildman–Crippen LogP) is 4.78. The van der Waals surface area contributed by atoms with Crippen molar-refractivity contribution in [3.63, 3.8) is 0 Å². The van der Waals surface area contributed by atoms with Crippen LogP contribution in [-0.2, 0) is 14.3 Å². The fourth-order valence-electron chi connectivity index (χ4n) is 3.87. The monoisotopic (exact) mass is 452 g/mol. The van der Waals surface area contributed by atoms with Crippen LogP contribution in [0.5, 0.6) is 0 Å². The maximum absolute atomic E-state index is 14.8. The van der Waals surface area contributed by atoms with E-state index in [0.29, 0.717) is 22.7 Å². The fraction of sp³-hybridized carbons (Fsp3) is 0.364. The van der Waals surface area contributed by atoms with Crippen LogP contribution in [0, 0.1) is 11.7 Å². The lowest BCUT2D eigenvalue weighted by Gasteiger charge is -2.21. The van der Waals surface area contributed by atoms with Gasteiger partial charge in [-0.25, -0.2) is 4.39 Å². The number of amides is 1. The highest BCUT2D eigenvalue weighted by molar-refractivity contribution is 6.31. The van der Waals surface area contributed by atoms with Crippen molar-refractivity contribution in [2.75, 3.05) is 12.4 Å². The van der Waals surface area contributed by atoms with E-state index in [2.05, 4.69) is 10.6 Å². The minimum atomic E-state index is -0.706. The highest BCUT2D eigenvalue weighted by Crippen LogP contribution is 2.37. The van der Waals surface area contributed by atoms with E-state index >= 15 is 0 Å². The molecule has 1 fully saturated rings. The molecular weight excluding hydrogens is 430 g/mol. The van der Waals surface area contributed by atoms with Gasteiger partial charge < -0.3 is 15.4 Å². The number of hydrogen-bond acceptors (Lipinski definition) is 4. The van der Waals surface area contributed by atoms with Gasteiger partial charge in [-0.3, -0.25) is 9.59 Å². The van der Waals surface area contributed by atoms with Crippen LogP contribution in [0.1, 0.15) is 31.2 Å². The molecule has 1 unspecified atom stereocenters. The van der Waals surface area contributed by atoms with Crippen LogP contribution in [0.4, 0.5) is 10.1 Å². The molecule has 1 heterocycles. The van der Waals surface area contributed by atoms with Gasteiger partial charge in [0.1, 0.15) is 5.82 Å². The smallest absolute Gasteiger partial charge is 0.305 e. The topological polar surface area (TPSA) is 67.4 Å². The molecular formula is C22H23Cl2FN2O3. The van der Waals surface area contributed by atoms with Crippen LogP contribution in [0.25, 0.3) is 0 Å². The Labute approximate surface area is 184 Å². The van der Waals surface area contributed by atoms with Gasteiger partial charge in [-0.15, -0.1) is 0 Å². The number of ether oxygens (including phenoxy) is 1. The van der Waals surface area contributed by atoms with E-state index in [0.717, 1.165) is 0 Å². The second-order valence-corrected chi connectivity index (χ2v) is 8.34. The first-order valence-electron chi connectivity index (χ1n) is 9.63. The van der Waals surface area contributed by atoms with Crippen LogP contribution >= 0.6 is 23.2 Å². The van der Waals surface area contributed by atoms with Crippen molar-refractivity contribution in [1.82, 2.24) is 5.32 Å². The summed E-state index contributed by atoms with van der Waals surface area (Å²) in [5.41, 5.74) is 0.916. The Kier molecular flexibility index (Phi) is 7.34. The number of halogens is 3. The molecule has 5 nitrogen and oxygen atoms in total. The average molecular weight is 453 g/mol. The van der Waals surface area contributed by atoms with E-state index < -0.39 is 17.8 Å². The molecule has 0 bridgehead atoms. The van der Waals surface area contributed by atoms with E-state index in [-0.39, 0.29) is 35.3 Å². The SMILES string of the molecule is COC(=O)C[C@H](C)C1C[C@H](c2cccc(Cl)c2F)[C@H](C(=O)Nc2cccc(Cl)c2)N1. The molecule has 30 heavy (non-hydrogen) atoms. The van der Waals surface area contributed by atoms with Crippen LogP contribution in [0.3, 0.4) is 0 Å². The molecule has 1 amide bonds. The summed E-state index contributed by atoms with van der Waals surface area (Å²) in [5, 5.41) is 6.63. The molecule has 1 aliphatic rings. The molecule has 160 valence electrons. The predicted molar refractivity (Wildman–Crippen MR) is 115 cm³/mol. The molecule has 0 aromatic heterocycles. The number of hydrogen-bond donors (Lipinski definition) is 2. The molecule has 2 aromatic carbocycles. The lowest BCUT2D eigenvalue weighted by molar-refractivity contribution is -0.141. The zero-order valence-electron chi connectivity index (χ0n) is 16.6. The van der Waals surface area contributed by atoms with Crippen molar-refractivity contribution in [2.24, 2.45) is 5.92 Å². The number of anilines is 1. The Hall–Kier alpha value is -2.15. The summed E-state index contributed by atoms with van der Waals surface area (Å²) in [7, 11) is 1.34. The Balaban J connectivity index is 1.87. The van der Waals surface area contributed by atoms with Crippen molar-refractivity contribution >= 4 is 40.8 Å². The summed E-state index contributed by atoms with van der Waals surface area (Å²) in [6.45, 7) is 1.90. The first-order chi connectivity index (χ1) is 14.3. The minimum absolute atomic E-state index is 0.00700. The molecule has 8 heteroatoms. The van der Waals surface area contributed by atoms with Gasteiger partial charge >= 0.3 is 5.97 Å². The first kappa shape index (κ1) is 22.5. The summed E-state index contributed by atoms with van der Waals surface area (Å²) < 4.78 is 19.5. The van der Waals surface area contributed by atoms with Crippen LogP contribution in [0.2, 0.25) is 10.0 Å². The van der Waals surface area contributed by atoms with Gasteiger partial charge in [0.05, 0.1) is 18.2 Å². The zero-order valence-corrected chi connectivity index (χ0v) is 18.1. The largest absolute Gasteiger partial charge is 0.469 e. The van der Waals surface area contributed by atoms with Gasteiger partial charge in [0.2, 0.25) is 5.91 Å². The van der Waals surface area contributed by atoms with E-state index in [4.69, 9.17) is 27.9 Å². The molecule has 0 radical (unpaired) electrons. The van der Waals surface area contributed by atoms with E-state index in [9.17, 15) is 14.0 Å². The Bertz CT molecular complexity index is 940. The zero-order chi connectivity index (χ0) is 21.8. The van der Waals surface area contributed by atoms with Crippen molar-refractivity contribution < 1.29 is 18.7 Å². The maximum atomic E-state index is 14.8. The summed E-state index contributed by atoms with van der Waals surface area (Å²) in [6.07, 6.45) is 0.671. The third-order valence-corrected chi connectivity index (χ3v) is 5.99. The van der Waals surface area contributed by atoms with Gasteiger partial charge in [0, 0.05) is 29.1 Å². The van der Waals surface area contributed by atoms with Gasteiger partial charge in [-0.05, 0) is 42.2 Å². The maximum Gasteiger partial charge on any atom is 0.305 e. The molecule has 1 saturated heterocycles. The molecule has 2 aromatic rings. The number of carbonyl (C=O) groups excluding carboxylic acids is 2. The van der Waals surface area contributed by atoms with Crippen molar-refractivity contribution in [2.45, 2.75) is 37.8 Å². The van der Waals surface area contributed by atoms with Gasteiger partial charge in [-0.1, -0.05) is 48.3 Å². The van der Waals surface area contributed by atoms with Gasteiger partial charge in [0.25, 0.3) is 0 Å². The van der Waals surface area contributed by atoms with E-state index in [1.807, 2.05) is 6.92 Å². The van der Waals surface area contributed by atoms with Crippen molar-refractivity contribution in [1.29, 1.82) is 0 Å². The van der Waals surface area contributed by atoms with Crippen molar-refractivity contribution in [3.8, 4) is 0 Å². The lowest BCUT2D eigenvalue weighted by Crippen LogP contribution is -2.43. The summed E-state index contributed by atoms with van der Waals surface area (Å²) in [6, 6.07) is 10.7. The third kappa shape index (κ3) is 5.12. The number of rotatable bonds is 6. The fourth-order valence-corrected chi connectivity index (χ4v) is 4.24.